The second-order valence-corrected chi connectivity index (χ2v) is 13.9. The van der Waals surface area contributed by atoms with E-state index in [-0.39, 0.29) is 0 Å². The van der Waals surface area contributed by atoms with Gasteiger partial charge >= 0.3 is 0 Å². The van der Waals surface area contributed by atoms with E-state index < -0.39 is 0 Å². The second-order valence-electron chi connectivity index (χ2n) is 13.9. The molecule has 0 aliphatic heterocycles. The number of nitrogens with zero attached hydrogens (tertiary/aromatic N) is 4. The summed E-state index contributed by atoms with van der Waals surface area (Å²) in [7, 11) is 6.59. The van der Waals surface area contributed by atoms with Crippen LogP contribution >= 0.6 is 0 Å². The fourth-order valence-corrected chi connectivity index (χ4v) is 9.16. The molecule has 11 rings (SSSR count). The molecule has 4 aromatic heterocycles. The van der Waals surface area contributed by atoms with Crippen LogP contribution in [0.5, 0.6) is 0 Å². The van der Waals surface area contributed by atoms with Crippen molar-refractivity contribution in [3.8, 4) is 11.1 Å². The van der Waals surface area contributed by atoms with E-state index in [0.29, 0.717) is 0 Å². The third-order valence-corrected chi connectivity index (χ3v) is 11.5. The van der Waals surface area contributed by atoms with Crippen LogP contribution in [0.3, 0.4) is 0 Å². The van der Waals surface area contributed by atoms with E-state index in [4.69, 9.17) is 0 Å². The highest BCUT2D eigenvalue weighted by Gasteiger charge is 2.20. The number of aromatic nitrogens is 4. The lowest BCUT2D eigenvalue weighted by molar-refractivity contribution is 0.865. The first kappa shape index (κ1) is 27.7. The molecular weight excluding hydrogens is 609 g/mol. The van der Waals surface area contributed by atoms with E-state index in [1.165, 1.54) is 104 Å². The minimum Gasteiger partial charge on any atom is -0.344 e. The Bertz CT molecular complexity index is 3210. The Morgan fingerprint density at radius 2 is 0.860 bits per heavy atom. The standard InChI is InChI=1S/C46H34N4/c1-47-38-16-7-4-12-31(38)36-25-28(19-22-40(36)47)29-20-23-42-37(26-29)32-13-5-9-18-41(32)50(42)27-30-11-10-15-33-34-21-24-43-44(46(34)49(3)45(30)33)35-14-6-8-17-39(35)48(43)2/h4-26H,27H2,1-3H3. The van der Waals surface area contributed by atoms with Crippen LogP contribution in [0.4, 0.5) is 0 Å². The van der Waals surface area contributed by atoms with Gasteiger partial charge in [-0.25, -0.2) is 0 Å². The maximum absolute atomic E-state index is 2.52. The fourth-order valence-electron chi connectivity index (χ4n) is 9.16. The Kier molecular flexibility index (Phi) is 5.48. The van der Waals surface area contributed by atoms with Gasteiger partial charge in [0.1, 0.15) is 0 Å². The lowest BCUT2D eigenvalue weighted by atomic mass is 10.0. The van der Waals surface area contributed by atoms with Gasteiger partial charge in [0.15, 0.2) is 0 Å². The van der Waals surface area contributed by atoms with E-state index in [0.717, 1.165) is 6.54 Å². The largest absolute Gasteiger partial charge is 0.344 e. The lowest BCUT2D eigenvalue weighted by Gasteiger charge is -2.11. The van der Waals surface area contributed by atoms with Gasteiger partial charge in [-0.3, -0.25) is 0 Å². The Labute approximate surface area is 288 Å². The van der Waals surface area contributed by atoms with Gasteiger partial charge in [0, 0.05) is 91.8 Å². The van der Waals surface area contributed by atoms with Crippen molar-refractivity contribution in [1.29, 1.82) is 0 Å². The summed E-state index contributed by atoms with van der Waals surface area (Å²) in [6.07, 6.45) is 0. The summed E-state index contributed by atoms with van der Waals surface area (Å²) in [6.45, 7) is 0.783. The average molecular weight is 643 g/mol. The third-order valence-electron chi connectivity index (χ3n) is 11.5. The van der Waals surface area contributed by atoms with Crippen LogP contribution < -0.4 is 0 Å². The molecule has 0 amide bonds. The Balaban J connectivity index is 1.10. The molecule has 0 unspecified atom stereocenters. The molecule has 238 valence electrons. The minimum atomic E-state index is 0.783. The van der Waals surface area contributed by atoms with Crippen molar-refractivity contribution in [2.45, 2.75) is 6.54 Å². The van der Waals surface area contributed by atoms with Gasteiger partial charge in [-0.1, -0.05) is 91.0 Å². The molecule has 11 aromatic rings. The van der Waals surface area contributed by atoms with Crippen molar-refractivity contribution < 1.29 is 0 Å². The summed E-state index contributed by atoms with van der Waals surface area (Å²) >= 11 is 0. The molecule has 0 N–H and O–H groups in total. The van der Waals surface area contributed by atoms with Gasteiger partial charge in [0.05, 0.1) is 23.1 Å². The smallest absolute Gasteiger partial charge is 0.0590 e. The molecule has 0 aliphatic rings. The molecule has 0 bridgehead atoms. The van der Waals surface area contributed by atoms with Crippen molar-refractivity contribution in [3.05, 3.63) is 145 Å². The number of aryl methyl sites for hydroxylation is 3. The third kappa shape index (κ3) is 3.55. The zero-order chi connectivity index (χ0) is 33.2. The zero-order valence-corrected chi connectivity index (χ0v) is 28.3. The topological polar surface area (TPSA) is 19.7 Å². The van der Waals surface area contributed by atoms with Gasteiger partial charge in [-0.15, -0.1) is 0 Å². The van der Waals surface area contributed by atoms with Gasteiger partial charge in [-0.05, 0) is 65.2 Å². The lowest BCUT2D eigenvalue weighted by Crippen LogP contribution is -2.02. The highest BCUT2D eigenvalue weighted by Crippen LogP contribution is 2.41. The van der Waals surface area contributed by atoms with Crippen LogP contribution in [0.25, 0.3) is 98.4 Å². The van der Waals surface area contributed by atoms with Crippen LogP contribution in [0.1, 0.15) is 5.56 Å². The molecule has 4 nitrogen and oxygen atoms in total. The first-order valence-corrected chi connectivity index (χ1v) is 17.4. The van der Waals surface area contributed by atoms with Crippen molar-refractivity contribution in [1.82, 2.24) is 18.3 Å². The summed E-state index contributed by atoms with van der Waals surface area (Å²) in [6, 6.07) is 51.8. The van der Waals surface area contributed by atoms with Gasteiger partial charge in [-0.2, -0.15) is 0 Å². The minimum absolute atomic E-state index is 0.783. The molecule has 4 heteroatoms. The van der Waals surface area contributed by atoms with E-state index in [1.807, 2.05) is 0 Å². The van der Waals surface area contributed by atoms with Gasteiger partial charge < -0.3 is 18.3 Å². The summed E-state index contributed by atoms with van der Waals surface area (Å²) in [5.41, 5.74) is 14.0. The zero-order valence-electron chi connectivity index (χ0n) is 28.3. The maximum Gasteiger partial charge on any atom is 0.0590 e. The number of para-hydroxylation sites is 4. The molecule has 0 saturated heterocycles. The van der Waals surface area contributed by atoms with Crippen molar-refractivity contribution in [2.75, 3.05) is 0 Å². The van der Waals surface area contributed by atoms with Crippen molar-refractivity contribution >= 4 is 87.2 Å². The predicted octanol–water partition coefficient (Wildman–Crippen LogP) is 11.4. The quantitative estimate of drug-likeness (QED) is 0.183. The predicted molar refractivity (Wildman–Crippen MR) is 212 cm³/mol. The first-order valence-electron chi connectivity index (χ1n) is 17.4. The molecule has 0 radical (unpaired) electrons. The molecule has 4 heterocycles. The van der Waals surface area contributed by atoms with Crippen LogP contribution in [-0.4, -0.2) is 18.3 Å². The fraction of sp³-hybridized carbons (Fsp3) is 0.0870. The maximum atomic E-state index is 2.52. The molecule has 0 saturated carbocycles. The molecule has 0 aliphatic carbocycles. The summed E-state index contributed by atoms with van der Waals surface area (Å²) in [4.78, 5) is 0. The second kappa shape index (κ2) is 9.90. The molecule has 7 aromatic carbocycles. The van der Waals surface area contributed by atoms with E-state index in [9.17, 15) is 0 Å². The number of hydrogen-bond acceptors (Lipinski definition) is 0. The van der Waals surface area contributed by atoms with Crippen LogP contribution in [0.15, 0.2) is 140 Å². The molecular formula is C46H34N4. The molecule has 0 atom stereocenters. The normalized spacial score (nSPS) is 12.4. The summed E-state index contributed by atoms with van der Waals surface area (Å²) in [5.74, 6) is 0. The van der Waals surface area contributed by atoms with E-state index in [2.05, 4.69) is 179 Å². The number of benzene rings is 7. The summed E-state index contributed by atoms with van der Waals surface area (Å²) in [5, 5.41) is 10.4. The van der Waals surface area contributed by atoms with Crippen molar-refractivity contribution in [3.63, 3.8) is 0 Å². The Morgan fingerprint density at radius 1 is 0.360 bits per heavy atom. The van der Waals surface area contributed by atoms with Crippen LogP contribution in [-0.2, 0) is 27.7 Å². The molecule has 0 fully saturated rings. The Morgan fingerprint density at radius 3 is 1.62 bits per heavy atom. The number of fused-ring (bicyclic) bond motifs is 13. The first-order chi connectivity index (χ1) is 24.6. The van der Waals surface area contributed by atoms with Gasteiger partial charge in [0.25, 0.3) is 0 Å². The van der Waals surface area contributed by atoms with Gasteiger partial charge in [0.2, 0.25) is 0 Å². The highest BCUT2D eigenvalue weighted by molar-refractivity contribution is 6.25. The van der Waals surface area contributed by atoms with E-state index in [1.54, 1.807) is 0 Å². The van der Waals surface area contributed by atoms with Crippen LogP contribution in [0.2, 0.25) is 0 Å². The molecule has 0 spiro atoms. The number of rotatable bonds is 3. The Hall–Kier alpha value is -6.26. The average Bonchev–Trinajstić information content (AvgIpc) is 3.84. The molecule has 50 heavy (non-hydrogen) atoms. The monoisotopic (exact) mass is 642 g/mol. The highest BCUT2D eigenvalue weighted by atomic mass is 15.0. The summed E-state index contributed by atoms with van der Waals surface area (Å²) < 4.78 is 9.59. The number of hydrogen-bond donors (Lipinski definition) is 0. The van der Waals surface area contributed by atoms with Crippen molar-refractivity contribution in [2.24, 2.45) is 21.1 Å². The van der Waals surface area contributed by atoms with E-state index >= 15 is 0 Å². The van der Waals surface area contributed by atoms with Crippen LogP contribution in [0, 0.1) is 0 Å². The SMILES string of the molecule is Cn1c2ccccc2c2cc(-c3ccc4c(c3)c3ccccc3n4Cc3cccc4c5ccc6c(c7ccccc7n6C)c5n(C)c34)ccc21.